The standard InChI is InChI=1S/C18H25N/c1-19-18(17-15-7-2-3-8-16(15)17)14-10-9-12-5-4-6-13(12)11-14/h9-11,15-19H,2-8H2,1H3. The molecule has 2 saturated carbocycles. The molecule has 0 aromatic heterocycles. The quantitative estimate of drug-likeness (QED) is 0.864. The molecule has 19 heavy (non-hydrogen) atoms. The van der Waals surface area contributed by atoms with Crippen molar-refractivity contribution in [2.24, 2.45) is 17.8 Å². The second-order valence-corrected chi connectivity index (χ2v) is 6.84. The third kappa shape index (κ3) is 1.94. The number of rotatable bonds is 3. The van der Waals surface area contributed by atoms with Gasteiger partial charge >= 0.3 is 0 Å². The molecule has 1 N–H and O–H groups in total. The van der Waals surface area contributed by atoms with Crippen LogP contribution in [0.25, 0.3) is 0 Å². The van der Waals surface area contributed by atoms with Gasteiger partial charge in [0, 0.05) is 6.04 Å². The molecular weight excluding hydrogens is 230 g/mol. The summed E-state index contributed by atoms with van der Waals surface area (Å²) in [5.41, 5.74) is 4.79. The zero-order chi connectivity index (χ0) is 12.8. The van der Waals surface area contributed by atoms with Crippen LogP contribution >= 0.6 is 0 Å². The van der Waals surface area contributed by atoms with Crippen LogP contribution in [-0.2, 0) is 12.8 Å². The lowest BCUT2D eigenvalue weighted by molar-refractivity contribution is 0.480. The van der Waals surface area contributed by atoms with Gasteiger partial charge in [0.05, 0.1) is 0 Å². The number of aryl methyl sites for hydroxylation is 2. The molecule has 2 fully saturated rings. The van der Waals surface area contributed by atoms with Gasteiger partial charge in [-0.1, -0.05) is 31.0 Å². The number of nitrogens with one attached hydrogen (secondary N) is 1. The molecule has 102 valence electrons. The maximum atomic E-state index is 3.63. The van der Waals surface area contributed by atoms with Gasteiger partial charge in [0.15, 0.2) is 0 Å². The van der Waals surface area contributed by atoms with Crippen LogP contribution in [0.1, 0.15) is 54.8 Å². The molecule has 3 unspecified atom stereocenters. The molecule has 1 nitrogen and oxygen atoms in total. The Morgan fingerprint density at radius 3 is 2.47 bits per heavy atom. The Morgan fingerprint density at radius 1 is 1.00 bits per heavy atom. The third-order valence-corrected chi connectivity index (χ3v) is 5.90. The van der Waals surface area contributed by atoms with Gasteiger partial charge in [-0.2, -0.15) is 0 Å². The second-order valence-electron chi connectivity index (χ2n) is 6.84. The lowest BCUT2D eigenvalue weighted by atomic mass is 9.96. The van der Waals surface area contributed by atoms with E-state index in [1.54, 1.807) is 16.7 Å². The molecule has 1 aromatic rings. The molecule has 0 amide bonds. The van der Waals surface area contributed by atoms with Crippen molar-refractivity contribution < 1.29 is 0 Å². The summed E-state index contributed by atoms with van der Waals surface area (Å²) in [5, 5.41) is 3.63. The average molecular weight is 255 g/mol. The summed E-state index contributed by atoms with van der Waals surface area (Å²) < 4.78 is 0. The van der Waals surface area contributed by atoms with Crippen LogP contribution in [0.15, 0.2) is 18.2 Å². The van der Waals surface area contributed by atoms with E-state index in [2.05, 4.69) is 30.6 Å². The number of benzene rings is 1. The summed E-state index contributed by atoms with van der Waals surface area (Å²) in [6.07, 6.45) is 9.87. The summed E-state index contributed by atoms with van der Waals surface area (Å²) >= 11 is 0. The molecule has 0 spiro atoms. The number of fused-ring (bicyclic) bond motifs is 2. The normalized spacial score (nSPS) is 33.6. The summed E-state index contributed by atoms with van der Waals surface area (Å²) in [5.74, 6) is 2.98. The fourth-order valence-electron chi connectivity index (χ4n) is 4.91. The Labute approximate surface area is 116 Å². The van der Waals surface area contributed by atoms with Crippen molar-refractivity contribution in [3.05, 3.63) is 34.9 Å². The highest BCUT2D eigenvalue weighted by atomic mass is 14.9. The van der Waals surface area contributed by atoms with Gasteiger partial charge in [-0.05, 0) is 73.6 Å². The van der Waals surface area contributed by atoms with Gasteiger partial charge in [-0.3, -0.25) is 0 Å². The van der Waals surface area contributed by atoms with E-state index in [9.17, 15) is 0 Å². The van der Waals surface area contributed by atoms with Gasteiger partial charge < -0.3 is 5.32 Å². The van der Waals surface area contributed by atoms with Crippen molar-refractivity contribution in [2.45, 2.75) is 51.0 Å². The summed E-state index contributed by atoms with van der Waals surface area (Å²) in [6.45, 7) is 0. The first kappa shape index (κ1) is 12.0. The zero-order valence-electron chi connectivity index (χ0n) is 12.0. The monoisotopic (exact) mass is 255 g/mol. The van der Waals surface area contributed by atoms with E-state index in [0.717, 1.165) is 17.8 Å². The smallest absolute Gasteiger partial charge is 0.0351 e. The fourth-order valence-corrected chi connectivity index (χ4v) is 4.91. The molecule has 4 rings (SSSR count). The lowest BCUT2D eigenvalue weighted by Crippen LogP contribution is -2.20. The maximum absolute atomic E-state index is 3.63. The number of hydrogen-bond acceptors (Lipinski definition) is 1. The Balaban J connectivity index is 1.59. The van der Waals surface area contributed by atoms with Crippen molar-refractivity contribution >= 4 is 0 Å². The molecule has 0 bridgehead atoms. The summed E-state index contributed by atoms with van der Waals surface area (Å²) in [7, 11) is 2.15. The first-order valence-electron chi connectivity index (χ1n) is 8.17. The van der Waals surface area contributed by atoms with Crippen molar-refractivity contribution in [3.63, 3.8) is 0 Å². The third-order valence-electron chi connectivity index (χ3n) is 5.90. The molecule has 1 heteroatoms. The van der Waals surface area contributed by atoms with Crippen molar-refractivity contribution in [1.29, 1.82) is 0 Å². The minimum absolute atomic E-state index is 0.610. The van der Waals surface area contributed by atoms with E-state index in [-0.39, 0.29) is 0 Å². The Kier molecular flexibility index (Phi) is 2.91. The van der Waals surface area contributed by atoms with E-state index in [1.165, 1.54) is 44.9 Å². The number of hydrogen-bond donors (Lipinski definition) is 1. The topological polar surface area (TPSA) is 12.0 Å². The van der Waals surface area contributed by atoms with Crippen LogP contribution < -0.4 is 5.32 Å². The van der Waals surface area contributed by atoms with Crippen LogP contribution in [0.4, 0.5) is 0 Å². The average Bonchev–Trinajstić information content (AvgIpc) is 2.96. The van der Waals surface area contributed by atoms with E-state index < -0.39 is 0 Å². The minimum atomic E-state index is 0.610. The van der Waals surface area contributed by atoms with Gasteiger partial charge in [-0.25, -0.2) is 0 Å². The highest BCUT2D eigenvalue weighted by molar-refractivity contribution is 5.37. The second kappa shape index (κ2) is 4.63. The van der Waals surface area contributed by atoms with Crippen molar-refractivity contribution in [1.82, 2.24) is 5.32 Å². The van der Waals surface area contributed by atoms with E-state index in [0.29, 0.717) is 6.04 Å². The van der Waals surface area contributed by atoms with Crippen molar-refractivity contribution in [2.75, 3.05) is 7.05 Å². The molecule has 0 heterocycles. The molecular formula is C18H25N. The Bertz CT molecular complexity index is 467. The molecule has 0 saturated heterocycles. The van der Waals surface area contributed by atoms with Gasteiger partial charge in [0.1, 0.15) is 0 Å². The van der Waals surface area contributed by atoms with Gasteiger partial charge in [0.2, 0.25) is 0 Å². The van der Waals surface area contributed by atoms with Crippen molar-refractivity contribution in [3.8, 4) is 0 Å². The van der Waals surface area contributed by atoms with E-state index in [1.807, 2.05) is 0 Å². The highest BCUT2D eigenvalue weighted by Crippen LogP contribution is 2.60. The first-order valence-corrected chi connectivity index (χ1v) is 8.17. The predicted molar refractivity (Wildman–Crippen MR) is 79.2 cm³/mol. The fraction of sp³-hybridized carbons (Fsp3) is 0.667. The van der Waals surface area contributed by atoms with Crippen LogP contribution in [0.3, 0.4) is 0 Å². The molecule has 3 atom stereocenters. The Hall–Kier alpha value is -0.820. The summed E-state index contributed by atoms with van der Waals surface area (Å²) in [4.78, 5) is 0. The predicted octanol–water partition coefficient (Wildman–Crippen LogP) is 3.87. The molecule has 1 aromatic carbocycles. The minimum Gasteiger partial charge on any atom is -0.313 e. The summed E-state index contributed by atoms with van der Waals surface area (Å²) in [6, 6.07) is 7.91. The zero-order valence-corrected chi connectivity index (χ0v) is 12.0. The SMILES string of the molecule is CNC(c1ccc2c(c1)CCC2)C1C2CCCCC21. The first-order chi connectivity index (χ1) is 9.38. The van der Waals surface area contributed by atoms with Gasteiger partial charge in [-0.15, -0.1) is 0 Å². The lowest BCUT2D eigenvalue weighted by Gasteiger charge is -2.18. The van der Waals surface area contributed by atoms with Gasteiger partial charge in [0.25, 0.3) is 0 Å². The van der Waals surface area contributed by atoms with Crippen LogP contribution in [0.2, 0.25) is 0 Å². The largest absolute Gasteiger partial charge is 0.313 e. The highest BCUT2D eigenvalue weighted by Gasteiger charge is 2.54. The molecule has 3 aliphatic rings. The van der Waals surface area contributed by atoms with E-state index in [4.69, 9.17) is 0 Å². The van der Waals surface area contributed by atoms with Crippen LogP contribution in [0.5, 0.6) is 0 Å². The maximum Gasteiger partial charge on any atom is 0.0351 e. The Morgan fingerprint density at radius 2 is 1.74 bits per heavy atom. The molecule has 3 aliphatic carbocycles. The van der Waals surface area contributed by atoms with Crippen LogP contribution in [-0.4, -0.2) is 7.05 Å². The molecule has 0 aliphatic heterocycles. The molecule has 0 radical (unpaired) electrons. The van der Waals surface area contributed by atoms with E-state index >= 15 is 0 Å². The van der Waals surface area contributed by atoms with Crippen LogP contribution in [0, 0.1) is 17.8 Å².